The lowest BCUT2D eigenvalue weighted by atomic mass is 9.70. The zero-order chi connectivity index (χ0) is 32.1. The van der Waals surface area contributed by atoms with Crippen LogP contribution in [-0.4, -0.2) is 19.1 Å². The van der Waals surface area contributed by atoms with Crippen molar-refractivity contribution in [3.63, 3.8) is 0 Å². The highest BCUT2D eigenvalue weighted by atomic mass is 16.1. The van der Waals surface area contributed by atoms with Gasteiger partial charge in [-0.15, -0.1) is 0 Å². The number of hydrogen-bond acceptors (Lipinski definition) is 2. The maximum atomic E-state index is 13.5. The number of benzene rings is 2. The summed E-state index contributed by atoms with van der Waals surface area (Å²) in [4.78, 5) is 26.3. The third kappa shape index (κ3) is 3.86. The summed E-state index contributed by atoms with van der Waals surface area (Å²) in [5.74, 6) is 0.777. The fourth-order valence-electron chi connectivity index (χ4n) is 9.56. The number of H-pyrrole nitrogens is 1. The predicted molar refractivity (Wildman–Crippen MR) is 182 cm³/mol. The van der Waals surface area contributed by atoms with Crippen LogP contribution in [0.4, 0.5) is 0 Å². The lowest BCUT2D eigenvalue weighted by molar-refractivity contribution is 0.216. The predicted octanol–water partition coefficient (Wildman–Crippen LogP) is 8.12. The molecule has 0 spiro atoms. The van der Waals surface area contributed by atoms with E-state index in [1.807, 2.05) is 65.3 Å². The normalized spacial score (nSPS) is 27.6. The van der Waals surface area contributed by atoms with E-state index in [0.29, 0.717) is 11.8 Å². The van der Waals surface area contributed by atoms with Gasteiger partial charge < -0.3 is 0 Å². The summed E-state index contributed by atoms with van der Waals surface area (Å²) in [6.07, 6.45) is 6.84. The van der Waals surface area contributed by atoms with Gasteiger partial charge in [0.25, 0.3) is 11.1 Å². The van der Waals surface area contributed by atoms with Crippen LogP contribution < -0.4 is 11.1 Å². The largest absolute Gasteiger partial charge is 0.294 e. The average molecular weight is 605 g/mol. The summed E-state index contributed by atoms with van der Waals surface area (Å²) >= 11 is 0. The Balaban J connectivity index is 0.000000148. The number of allylic oxidation sites excluding steroid dienone is 2. The number of nitrogens with one attached hydrogen (secondary N) is 1. The Morgan fingerprint density at radius 2 is 1.29 bits per heavy atom. The molecular formula is C39H48N4O2. The highest BCUT2D eigenvalue weighted by molar-refractivity contribution is 5.48. The van der Waals surface area contributed by atoms with E-state index in [2.05, 4.69) is 71.2 Å². The van der Waals surface area contributed by atoms with Gasteiger partial charge >= 0.3 is 0 Å². The van der Waals surface area contributed by atoms with E-state index >= 15 is 0 Å². The van der Waals surface area contributed by atoms with Crippen molar-refractivity contribution in [3.8, 4) is 11.4 Å². The lowest BCUT2D eigenvalue weighted by Gasteiger charge is -2.36. The number of hydrogen-bond donors (Lipinski definition) is 1. The van der Waals surface area contributed by atoms with Gasteiger partial charge in [0.05, 0.1) is 23.6 Å². The monoisotopic (exact) mass is 604 g/mol. The van der Waals surface area contributed by atoms with Crippen LogP contribution in [0.2, 0.25) is 0 Å². The van der Waals surface area contributed by atoms with Crippen LogP contribution in [0.1, 0.15) is 115 Å². The molecule has 45 heavy (non-hydrogen) atoms. The van der Waals surface area contributed by atoms with Gasteiger partial charge in [0, 0.05) is 27.7 Å². The minimum Gasteiger partial charge on any atom is -0.294 e. The number of para-hydroxylation sites is 2. The molecule has 0 radical (unpaired) electrons. The van der Waals surface area contributed by atoms with Crippen molar-refractivity contribution < 1.29 is 0 Å². The van der Waals surface area contributed by atoms with Gasteiger partial charge in [-0.2, -0.15) is 0 Å². The molecule has 0 saturated heterocycles. The smallest absolute Gasteiger partial charge is 0.275 e. The zero-order valence-electron chi connectivity index (χ0n) is 28.2. The molecule has 6 heteroatoms. The van der Waals surface area contributed by atoms with Crippen LogP contribution in [-0.2, 0) is 17.4 Å². The van der Waals surface area contributed by atoms with E-state index in [0.717, 1.165) is 41.9 Å². The highest BCUT2D eigenvalue weighted by Gasteiger charge is 2.63. The SMILES string of the molecule is CC(C)=CCn1c2c(c(=O)n1-c1ccccc1)[C@H]1CC[C@]2(C)C1(C)C.CC1(C)[C@@H]2CC[C@@]1(C)c1[nH]n(-c3ccccc3)c(=O)c12. The first-order valence-corrected chi connectivity index (χ1v) is 16.7. The van der Waals surface area contributed by atoms with Gasteiger partial charge in [0.2, 0.25) is 0 Å². The number of aromatic amines is 1. The average Bonchev–Trinajstić information content (AvgIpc) is 3.73. The Morgan fingerprint density at radius 3 is 1.87 bits per heavy atom. The van der Waals surface area contributed by atoms with E-state index in [1.165, 1.54) is 29.8 Å². The number of aromatic nitrogens is 4. The molecule has 2 aromatic carbocycles. The molecule has 2 saturated carbocycles. The van der Waals surface area contributed by atoms with Gasteiger partial charge in [0.15, 0.2) is 0 Å². The van der Waals surface area contributed by atoms with Crippen molar-refractivity contribution in [2.45, 2.75) is 110 Å². The molecule has 236 valence electrons. The molecule has 8 rings (SSSR count). The number of fused-ring (bicyclic) bond motifs is 10. The van der Waals surface area contributed by atoms with Crippen LogP contribution in [0.3, 0.4) is 0 Å². The molecule has 2 heterocycles. The summed E-state index contributed by atoms with van der Waals surface area (Å²) < 4.78 is 5.88. The summed E-state index contributed by atoms with van der Waals surface area (Å²) in [5.41, 5.74) is 8.57. The second-order valence-corrected chi connectivity index (χ2v) is 15.7. The summed E-state index contributed by atoms with van der Waals surface area (Å²) in [5, 5.41) is 3.41. The van der Waals surface area contributed by atoms with Crippen LogP contribution in [0, 0.1) is 10.8 Å². The molecule has 0 amide bonds. The topological polar surface area (TPSA) is 64.7 Å². The summed E-state index contributed by atoms with van der Waals surface area (Å²) in [6, 6.07) is 19.9. The Morgan fingerprint density at radius 1 is 0.756 bits per heavy atom. The molecule has 0 aliphatic heterocycles. The zero-order valence-corrected chi connectivity index (χ0v) is 28.2. The van der Waals surface area contributed by atoms with E-state index in [1.54, 1.807) is 4.68 Å². The fourth-order valence-corrected chi connectivity index (χ4v) is 9.56. The standard InChI is InChI=1S/C22H28N2O.C17H20N2O/c1-15(2)12-14-23-19-18(17-11-13-22(19,5)21(17,3)4)20(25)24(23)16-9-7-6-8-10-16;1-16(2)12-9-10-17(16,3)14-13(12)15(20)19(18-14)11-7-5-4-6-8-11/h6-10,12,17H,11,13-14H2,1-5H3;4-8,12,18H,9-10H2,1-3H3/t17-,22+;12-,17+/m11/s1. The van der Waals surface area contributed by atoms with Gasteiger partial charge in [-0.3, -0.25) is 19.4 Å². The van der Waals surface area contributed by atoms with E-state index in [9.17, 15) is 9.59 Å². The van der Waals surface area contributed by atoms with Crippen molar-refractivity contribution in [2.24, 2.45) is 10.8 Å². The van der Waals surface area contributed by atoms with Crippen molar-refractivity contribution in [1.82, 2.24) is 19.1 Å². The Kier molecular flexibility index (Phi) is 6.54. The van der Waals surface area contributed by atoms with Crippen molar-refractivity contribution in [2.75, 3.05) is 0 Å². The van der Waals surface area contributed by atoms with Gasteiger partial charge in [-0.1, -0.05) is 89.6 Å². The Hall–Kier alpha value is -3.80. The molecule has 0 unspecified atom stereocenters. The van der Waals surface area contributed by atoms with Gasteiger partial charge in [0.1, 0.15) is 0 Å². The Bertz CT molecular complexity index is 1930. The molecule has 2 fully saturated rings. The highest BCUT2D eigenvalue weighted by Crippen LogP contribution is 2.67. The van der Waals surface area contributed by atoms with Crippen LogP contribution in [0.25, 0.3) is 11.4 Å². The summed E-state index contributed by atoms with van der Waals surface area (Å²) in [6.45, 7) is 19.0. The molecule has 4 aliphatic carbocycles. The third-order valence-corrected chi connectivity index (χ3v) is 13.0. The summed E-state index contributed by atoms with van der Waals surface area (Å²) in [7, 11) is 0. The molecule has 4 aliphatic rings. The molecule has 4 bridgehead atoms. The van der Waals surface area contributed by atoms with Crippen LogP contribution in [0.5, 0.6) is 0 Å². The molecular weight excluding hydrogens is 556 g/mol. The maximum Gasteiger partial charge on any atom is 0.275 e. The first-order chi connectivity index (χ1) is 21.3. The first-order valence-electron chi connectivity index (χ1n) is 16.7. The minimum atomic E-state index is 0.0711. The minimum absolute atomic E-state index is 0.0711. The Labute approximate surface area is 266 Å². The fraction of sp³-hybridized carbons (Fsp3) is 0.487. The first kappa shape index (κ1) is 29.9. The van der Waals surface area contributed by atoms with Gasteiger partial charge in [-0.25, -0.2) is 9.36 Å². The van der Waals surface area contributed by atoms with Crippen molar-refractivity contribution >= 4 is 0 Å². The van der Waals surface area contributed by atoms with E-state index < -0.39 is 0 Å². The number of nitrogens with zero attached hydrogens (tertiary/aromatic N) is 3. The molecule has 4 aromatic rings. The second kappa shape index (κ2) is 9.85. The molecule has 2 aromatic heterocycles. The van der Waals surface area contributed by atoms with Crippen molar-refractivity contribution in [3.05, 3.63) is 116 Å². The molecule has 4 atom stereocenters. The third-order valence-electron chi connectivity index (χ3n) is 13.0. The van der Waals surface area contributed by atoms with E-state index in [-0.39, 0.29) is 32.8 Å². The van der Waals surface area contributed by atoms with Crippen LogP contribution >= 0.6 is 0 Å². The molecule has 1 N–H and O–H groups in total. The van der Waals surface area contributed by atoms with Gasteiger partial charge in [-0.05, 0) is 86.5 Å². The second-order valence-electron chi connectivity index (χ2n) is 15.7. The number of rotatable bonds is 4. The lowest BCUT2D eigenvalue weighted by Crippen LogP contribution is -2.36. The maximum absolute atomic E-state index is 13.5. The van der Waals surface area contributed by atoms with Crippen molar-refractivity contribution in [1.29, 1.82) is 0 Å². The quantitative estimate of drug-likeness (QED) is 0.239. The van der Waals surface area contributed by atoms with Crippen LogP contribution in [0.15, 0.2) is 81.9 Å². The van der Waals surface area contributed by atoms with E-state index in [4.69, 9.17) is 0 Å². The molecule has 6 nitrogen and oxygen atoms in total.